The van der Waals surface area contributed by atoms with E-state index in [1.807, 2.05) is 30.1 Å². The van der Waals surface area contributed by atoms with Gasteiger partial charge in [-0.3, -0.25) is 4.79 Å². The molecule has 0 saturated heterocycles. The fraction of sp³-hybridized carbons (Fsp3) is 0.286. The Morgan fingerprint density at radius 3 is 2.82 bits per heavy atom. The lowest BCUT2D eigenvalue weighted by molar-refractivity contribution is -0.117. The number of likely N-dealkylation sites (N-methyl/N-ethyl adjacent to an activating group) is 1. The molecule has 0 saturated carbocycles. The van der Waals surface area contributed by atoms with Crippen molar-refractivity contribution < 1.29 is 14.3 Å². The first-order chi connectivity index (χ1) is 13.3. The summed E-state index contributed by atoms with van der Waals surface area (Å²) in [5.41, 5.74) is 2.99. The van der Waals surface area contributed by atoms with Crippen LogP contribution in [0.15, 0.2) is 54.1 Å². The Morgan fingerprint density at radius 2 is 2.11 bits per heavy atom. The van der Waals surface area contributed by atoms with E-state index in [2.05, 4.69) is 36.8 Å². The second kappa shape index (κ2) is 7.98. The molecule has 1 aromatic heterocycles. The van der Waals surface area contributed by atoms with Crippen LogP contribution in [0.4, 0.5) is 10.8 Å². The lowest BCUT2D eigenvalue weighted by Gasteiger charge is -2.23. The number of hydrogen-bond acceptors (Lipinski definition) is 7. The van der Waals surface area contributed by atoms with E-state index in [-0.39, 0.29) is 23.5 Å². The number of rotatable bonds is 7. The summed E-state index contributed by atoms with van der Waals surface area (Å²) in [5, 5.41) is 5.21. The van der Waals surface area contributed by atoms with Crippen molar-refractivity contribution in [1.29, 1.82) is 0 Å². The number of nitrogens with one attached hydrogen (secondary N) is 1. The predicted octanol–water partition coefficient (Wildman–Crippen LogP) is 3.78. The summed E-state index contributed by atoms with van der Waals surface area (Å²) in [7, 11) is 1.94. The fourth-order valence-corrected chi connectivity index (χ4v) is 3.96. The standard InChI is InChI=1S/C21H23N3O3S/c1-5-10-22-20-23-16(13-28-20)19(26)27-12-14(25)11-18-21(2,3)15-8-6-7-9-17(15)24(18)4/h5-9,11,13H,1,10,12H2,2-4H3,(H,22,23)/b18-11-. The highest BCUT2D eigenvalue weighted by atomic mass is 32.1. The maximum atomic E-state index is 12.4. The Labute approximate surface area is 168 Å². The smallest absolute Gasteiger partial charge is 0.358 e. The summed E-state index contributed by atoms with van der Waals surface area (Å²) in [6.45, 7) is 8.00. The van der Waals surface area contributed by atoms with Crippen molar-refractivity contribution in [2.45, 2.75) is 19.3 Å². The molecule has 6 nitrogen and oxygen atoms in total. The topological polar surface area (TPSA) is 71.5 Å². The molecule has 7 heteroatoms. The summed E-state index contributed by atoms with van der Waals surface area (Å²) in [4.78, 5) is 30.7. The molecule has 0 amide bonds. The highest BCUT2D eigenvalue weighted by molar-refractivity contribution is 7.13. The van der Waals surface area contributed by atoms with E-state index >= 15 is 0 Å². The van der Waals surface area contributed by atoms with Gasteiger partial charge < -0.3 is 15.0 Å². The number of ketones is 1. The van der Waals surface area contributed by atoms with Gasteiger partial charge in [-0.2, -0.15) is 0 Å². The van der Waals surface area contributed by atoms with Gasteiger partial charge in [-0.1, -0.05) is 38.1 Å². The third kappa shape index (κ3) is 3.84. The van der Waals surface area contributed by atoms with Crippen LogP contribution in [-0.2, 0) is 14.9 Å². The zero-order valence-corrected chi connectivity index (χ0v) is 17.0. The minimum Gasteiger partial charge on any atom is -0.453 e. The average Bonchev–Trinajstić information content (AvgIpc) is 3.23. The van der Waals surface area contributed by atoms with Gasteiger partial charge in [0.2, 0.25) is 0 Å². The van der Waals surface area contributed by atoms with Crippen molar-refractivity contribution >= 4 is 33.9 Å². The van der Waals surface area contributed by atoms with E-state index in [1.165, 1.54) is 11.3 Å². The molecule has 0 spiro atoms. The van der Waals surface area contributed by atoms with Crippen molar-refractivity contribution in [3.8, 4) is 0 Å². The Bertz CT molecular complexity index is 946. The number of ether oxygens (including phenoxy) is 1. The molecular weight excluding hydrogens is 374 g/mol. The molecule has 1 aromatic carbocycles. The lowest BCUT2D eigenvalue weighted by atomic mass is 9.83. The fourth-order valence-electron chi connectivity index (χ4n) is 3.27. The Kier molecular flexibility index (Phi) is 5.65. The average molecular weight is 398 g/mol. The largest absolute Gasteiger partial charge is 0.453 e. The summed E-state index contributed by atoms with van der Waals surface area (Å²) in [6.07, 6.45) is 3.26. The number of fused-ring (bicyclic) bond motifs is 1. The molecule has 2 aromatic rings. The van der Waals surface area contributed by atoms with Crippen molar-refractivity contribution in [2.24, 2.45) is 0 Å². The Morgan fingerprint density at radius 1 is 1.36 bits per heavy atom. The maximum absolute atomic E-state index is 12.4. The summed E-state index contributed by atoms with van der Waals surface area (Å²) >= 11 is 1.30. The van der Waals surface area contributed by atoms with Gasteiger partial charge in [0.25, 0.3) is 0 Å². The number of para-hydroxylation sites is 1. The quantitative estimate of drug-likeness (QED) is 0.436. The van der Waals surface area contributed by atoms with Gasteiger partial charge in [-0.05, 0) is 11.6 Å². The van der Waals surface area contributed by atoms with Crippen molar-refractivity contribution in [3.05, 3.63) is 65.3 Å². The maximum Gasteiger partial charge on any atom is 0.358 e. The molecule has 0 radical (unpaired) electrons. The van der Waals surface area contributed by atoms with Crippen LogP contribution in [0.3, 0.4) is 0 Å². The van der Waals surface area contributed by atoms with E-state index in [4.69, 9.17) is 4.74 Å². The van der Waals surface area contributed by atoms with Crippen LogP contribution < -0.4 is 10.2 Å². The number of benzene rings is 1. The molecule has 146 valence electrons. The molecule has 0 unspecified atom stereocenters. The van der Waals surface area contributed by atoms with Gasteiger partial charge in [-0.15, -0.1) is 17.9 Å². The first-order valence-corrected chi connectivity index (χ1v) is 9.78. The van der Waals surface area contributed by atoms with Gasteiger partial charge in [0.15, 0.2) is 23.2 Å². The SMILES string of the molecule is C=CCNc1nc(C(=O)OCC(=O)/C=C2\N(C)c3ccccc3C2(C)C)cs1. The Balaban J connectivity index is 1.65. The molecule has 0 atom stereocenters. The summed E-state index contributed by atoms with van der Waals surface area (Å²) in [5.74, 6) is -0.881. The number of anilines is 2. The molecule has 1 aliphatic rings. The van der Waals surface area contributed by atoms with E-state index in [0.717, 1.165) is 16.9 Å². The van der Waals surface area contributed by atoms with Crippen LogP contribution in [0.25, 0.3) is 0 Å². The third-order valence-electron chi connectivity index (χ3n) is 4.69. The molecule has 1 aliphatic heterocycles. The second-order valence-electron chi connectivity index (χ2n) is 6.98. The van der Waals surface area contributed by atoms with E-state index in [9.17, 15) is 9.59 Å². The first-order valence-electron chi connectivity index (χ1n) is 8.90. The highest BCUT2D eigenvalue weighted by Crippen LogP contribution is 2.46. The number of carbonyl (C=O) groups is 2. The molecule has 1 N–H and O–H groups in total. The molecular formula is C21H23N3O3S. The number of nitrogens with zero attached hydrogens (tertiary/aromatic N) is 2. The molecule has 28 heavy (non-hydrogen) atoms. The van der Waals surface area contributed by atoms with Crippen LogP contribution in [-0.4, -0.2) is 36.9 Å². The number of allylic oxidation sites excluding steroid dienone is 1. The number of aromatic nitrogens is 1. The zero-order valence-electron chi connectivity index (χ0n) is 16.2. The van der Waals surface area contributed by atoms with Gasteiger partial charge in [0, 0.05) is 41.8 Å². The van der Waals surface area contributed by atoms with Crippen LogP contribution >= 0.6 is 11.3 Å². The van der Waals surface area contributed by atoms with Gasteiger partial charge in [-0.25, -0.2) is 9.78 Å². The monoisotopic (exact) mass is 397 g/mol. The van der Waals surface area contributed by atoms with E-state index in [0.29, 0.717) is 11.7 Å². The van der Waals surface area contributed by atoms with Crippen molar-refractivity contribution in [1.82, 2.24) is 4.98 Å². The van der Waals surface area contributed by atoms with E-state index < -0.39 is 5.97 Å². The van der Waals surface area contributed by atoms with Crippen molar-refractivity contribution in [2.75, 3.05) is 30.4 Å². The van der Waals surface area contributed by atoms with Crippen LogP contribution in [0.5, 0.6) is 0 Å². The highest BCUT2D eigenvalue weighted by Gasteiger charge is 2.38. The lowest BCUT2D eigenvalue weighted by Crippen LogP contribution is -2.25. The van der Waals surface area contributed by atoms with Gasteiger partial charge in [0.1, 0.15) is 0 Å². The molecule has 0 bridgehead atoms. The second-order valence-corrected chi connectivity index (χ2v) is 7.84. The third-order valence-corrected chi connectivity index (χ3v) is 5.49. The van der Waals surface area contributed by atoms with E-state index in [1.54, 1.807) is 17.5 Å². The van der Waals surface area contributed by atoms with Gasteiger partial charge >= 0.3 is 5.97 Å². The minimum atomic E-state index is -0.614. The summed E-state index contributed by atoms with van der Waals surface area (Å²) in [6, 6.07) is 8.07. The number of thiazole rings is 1. The first kappa shape index (κ1) is 19.8. The summed E-state index contributed by atoms with van der Waals surface area (Å²) < 4.78 is 5.14. The predicted molar refractivity (Wildman–Crippen MR) is 112 cm³/mol. The van der Waals surface area contributed by atoms with Crippen LogP contribution in [0.1, 0.15) is 29.9 Å². The Hall–Kier alpha value is -2.93. The van der Waals surface area contributed by atoms with Crippen LogP contribution in [0, 0.1) is 0 Å². The van der Waals surface area contributed by atoms with Crippen LogP contribution in [0.2, 0.25) is 0 Å². The molecule has 0 fully saturated rings. The number of esters is 1. The number of carbonyl (C=O) groups excluding carboxylic acids is 2. The van der Waals surface area contributed by atoms with Crippen molar-refractivity contribution in [3.63, 3.8) is 0 Å². The minimum absolute atomic E-state index is 0.183. The van der Waals surface area contributed by atoms with Gasteiger partial charge in [0.05, 0.1) is 0 Å². The molecule has 0 aliphatic carbocycles. The number of hydrogen-bond donors (Lipinski definition) is 1. The molecule has 2 heterocycles. The normalized spacial score (nSPS) is 16.0. The molecule has 3 rings (SSSR count). The zero-order chi connectivity index (χ0) is 20.3.